The van der Waals surface area contributed by atoms with Crippen LogP contribution < -0.4 is 15.9 Å². The Hall–Kier alpha value is -3.41. The molecule has 0 amide bonds. The van der Waals surface area contributed by atoms with Crippen LogP contribution in [0.3, 0.4) is 0 Å². The summed E-state index contributed by atoms with van der Waals surface area (Å²) in [5.41, 5.74) is 1.56. The molecule has 0 aliphatic carbocycles. The van der Waals surface area contributed by atoms with Gasteiger partial charge in [-0.1, -0.05) is 29.8 Å². The largest absolute Gasteiger partial charge is 0.494 e. The van der Waals surface area contributed by atoms with Gasteiger partial charge < -0.3 is 14.2 Å². The minimum atomic E-state index is -3.97. The number of nitrogens with zero attached hydrogens (tertiary/aromatic N) is 4. The van der Waals surface area contributed by atoms with E-state index in [9.17, 15) is 13.2 Å². The Morgan fingerprint density at radius 1 is 0.930 bits per heavy atom. The van der Waals surface area contributed by atoms with Crippen LogP contribution in [-0.2, 0) is 25.9 Å². The summed E-state index contributed by atoms with van der Waals surface area (Å²) >= 11 is 0. The number of hydrogen-bond acceptors (Lipinski definition) is 7. The molecule has 6 rings (SSSR count). The van der Waals surface area contributed by atoms with Gasteiger partial charge in [0.2, 0.25) is 5.95 Å². The molecule has 0 spiro atoms. The fourth-order valence-electron chi connectivity index (χ4n) is 6.20. The fourth-order valence-corrected chi connectivity index (χ4v) is 7.57. The van der Waals surface area contributed by atoms with E-state index in [0.29, 0.717) is 34.7 Å². The van der Waals surface area contributed by atoms with Gasteiger partial charge in [0.05, 0.1) is 39.4 Å². The Morgan fingerprint density at radius 2 is 1.56 bits per heavy atom. The molecule has 11 heteroatoms. The van der Waals surface area contributed by atoms with Crippen LogP contribution >= 0.6 is 0 Å². The topological polar surface area (TPSA) is 95.7 Å². The first-order valence-corrected chi connectivity index (χ1v) is 16.1. The van der Waals surface area contributed by atoms with Crippen LogP contribution in [0.15, 0.2) is 64.4 Å². The van der Waals surface area contributed by atoms with E-state index in [0.717, 1.165) is 11.0 Å². The van der Waals surface area contributed by atoms with Crippen molar-refractivity contribution in [2.45, 2.75) is 96.5 Å². The average Bonchev–Trinajstić information content (AvgIpc) is 3.49. The van der Waals surface area contributed by atoms with Gasteiger partial charge in [-0.3, -0.25) is 9.36 Å². The van der Waals surface area contributed by atoms with Crippen LogP contribution in [-0.4, -0.2) is 51.8 Å². The van der Waals surface area contributed by atoms with Crippen molar-refractivity contribution in [2.24, 2.45) is 0 Å². The quantitative estimate of drug-likeness (QED) is 0.305. The molecule has 2 aliphatic rings. The standard InChI is InChI=1S/C32H39BN4O5S/c1-20(2)37-29-34-26(17-28(38)35(29)19-30(37,4)5)25-18-36(43(39,40)23-13-10-21(3)11-14-23)27-15-12-22(16-24(25)27)33-41-31(6,7)32(8,9)42-33/h10-18,20H,19H2,1-9H3. The monoisotopic (exact) mass is 602 g/mol. The van der Waals surface area contributed by atoms with Crippen molar-refractivity contribution in [3.63, 3.8) is 0 Å². The van der Waals surface area contributed by atoms with Gasteiger partial charge in [-0.2, -0.15) is 0 Å². The highest BCUT2D eigenvalue weighted by molar-refractivity contribution is 7.90. The third-order valence-corrected chi connectivity index (χ3v) is 10.8. The number of benzene rings is 2. The summed E-state index contributed by atoms with van der Waals surface area (Å²) in [7, 11) is -4.61. The van der Waals surface area contributed by atoms with Crippen molar-refractivity contribution in [1.29, 1.82) is 0 Å². The Morgan fingerprint density at radius 3 is 2.16 bits per heavy atom. The Kier molecular flexibility index (Phi) is 6.58. The first kappa shape index (κ1) is 29.7. The summed E-state index contributed by atoms with van der Waals surface area (Å²) < 4.78 is 43.6. The molecule has 4 heterocycles. The lowest BCUT2D eigenvalue weighted by molar-refractivity contribution is 0.00578. The summed E-state index contributed by atoms with van der Waals surface area (Å²) in [6.07, 6.45) is 1.58. The number of hydrogen-bond donors (Lipinski definition) is 0. The molecule has 0 radical (unpaired) electrons. The SMILES string of the molecule is Cc1ccc(S(=O)(=O)n2cc(-c3cc(=O)n4c(n3)N(C(C)C)C(C)(C)C4)c3cc(B4OC(C)(C)C(C)(C)O4)ccc32)cc1. The maximum Gasteiger partial charge on any atom is 0.494 e. The minimum Gasteiger partial charge on any atom is -0.399 e. The maximum atomic E-state index is 14.0. The second-order valence-electron chi connectivity index (χ2n) is 13.7. The van der Waals surface area contributed by atoms with E-state index in [1.54, 1.807) is 41.1 Å². The summed E-state index contributed by atoms with van der Waals surface area (Å²) in [6.45, 7) is 18.7. The molecule has 1 saturated heterocycles. The number of fused-ring (bicyclic) bond motifs is 2. The molecular weight excluding hydrogens is 563 g/mol. The second kappa shape index (κ2) is 9.55. The highest BCUT2D eigenvalue weighted by atomic mass is 32.2. The fraction of sp³-hybridized carbons (Fsp3) is 0.438. The number of anilines is 1. The van der Waals surface area contributed by atoms with E-state index in [1.807, 2.05) is 46.8 Å². The van der Waals surface area contributed by atoms with Gasteiger partial charge in [0, 0.05) is 29.3 Å². The van der Waals surface area contributed by atoms with Crippen LogP contribution in [0.4, 0.5) is 5.95 Å². The first-order valence-electron chi connectivity index (χ1n) is 14.7. The molecule has 226 valence electrons. The van der Waals surface area contributed by atoms with Crippen LogP contribution in [0.2, 0.25) is 0 Å². The molecule has 0 N–H and O–H groups in total. The zero-order chi connectivity index (χ0) is 31.3. The Labute approximate surface area is 253 Å². The number of rotatable bonds is 5. The van der Waals surface area contributed by atoms with Gasteiger partial charge in [-0.15, -0.1) is 0 Å². The molecule has 9 nitrogen and oxygen atoms in total. The smallest absolute Gasteiger partial charge is 0.399 e. The van der Waals surface area contributed by atoms with Crippen LogP contribution in [0.1, 0.15) is 61.0 Å². The van der Waals surface area contributed by atoms with E-state index in [2.05, 4.69) is 32.6 Å². The zero-order valence-electron chi connectivity index (χ0n) is 26.3. The van der Waals surface area contributed by atoms with Gasteiger partial charge in [-0.25, -0.2) is 17.4 Å². The van der Waals surface area contributed by atoms with Crippen LogP contribution in [0, 0.1) is 6.92 Å². The molecule has 2 aromatic heterocycles. The number of aromatic nitrogens is 3. The van der Waals surface area contributed by atoms with Gasteiger partial charge in [0.15, 0.2) is 0 Å². The average molecular weight is 603 g/mol. The predicted molar refractivity (Wildman–Crippen MR) is 171 cm³/mol. The molecule has 43 heavy (non-hydrogen) atoms. The normalized spacial score (nSPS) is 19.0. The predicted octanol–water partition coefficient (Wildman–Crippen LogP) is 4.72. The summed E-state index contributed by atoms with van der Waals surface area (Å²) in [5.74, 6) is 0.576. The van der Waals surface area contributed by atoms with Crippen molar-refractivity contribution in [1.82, 2.24) is 13.5 Å². The molecular formula is C32H39BN4O5S. The lowest BCUT2D eigenvalue weighted by Crippen LogP contribution is -2.45. The van der Waals surface area contributed by atoms with E-state index >= 15 is 0 Å². The molecule has 4 aromatic rings. The zero-order valence-corrected chi connectivity index (χ0v) is 27.1. The number of aryl methyl sites for hydroxylation is 1. The van der Waals surface area contributed by atoms with Crippen molar-refractivity contribution in [3.05, 3.63) is 70.6 Å². The first-order chi connectivity index (χ1) is 19.9. The molecule has 0 unspecified atom stereocenters. The minimum absolute atomic E-state index is 0.101. The molecule has 1 fully saturated rings. The lowest BCUT2D eigenvalue weighted by Gasteiger charge is -2.35. The molecule has 2 aromatic carbocycles. The van der Waals surface area contributed by atoms with Crippen molar-refractivity contribution in [3.8, 4) is 11.3 Å². The molecule has 0 bridgehead atoms. The molecule has 0 saturated carbocycles. The van der Waals surface area contributed by atoms with E-state index in [-0.39, 0.29) is 22.0 Å². The molecule has 0 atom stereocenters. The third-order valence-electron chi connectivity index (χ3n) is 9.09. The summed E-state index contributed by atoms with van der Waals surface area (Å²) in [4.78, 5) is 20.8. The van der Waals surface area contributed by atoms with E-state index in [1.165, 1.54) is 10.0 Å². The van der Waals surface area contributed by atoms with E-state index < -0.39 is 28.3 Å². The van der Waals surface area contributed by atoms with Crippen LogP contribution in [0.5, 0.6) is 0 Å². The Balaban J connectivity index is 1.58. The highest BCUT2D eigenvalue weighted by Crippen LogP contribution is 2.39. The van der Waals surface area contributed by atoms with E-state index in [4.69, 9.17) is 14.3 Å². The second-order valence-corrected chi connectivity index (χ2v) is 15.5. The van der Waals surface area contributed by atoms with Crippen molar-refractivity contribution >= 4 is 39.5 Å². The third kappa shape index (κ3) is 4.64. The highest BCUT2D eigenvalue weighted by Gasteiger charge is 2.51. The summed E-state index contributed by atoms with van der Waals surface area (Å²) in [6, 6.07) is 13.9. The van der Waals surface area contributed by atoms with Gasteiger partial charge in [-0.05, 0) is 86.0 Å². The lowest BCUT2D eigenvalue weighted by atomic mass is 9.78. The maximum absolute atomic E-state index is 14.0. The van der Waals surface area contributed by atoms with Crippen LogP contribution in [0.25, 0.3) is 22.2 Å². The van der Waals surface area contributed by atoms with Crippen molar-refractivity contribution in [2.75, 3.05) is 4.90 Å². The molecule has 2 aliphatic heterocycles. The van der Waals surface area contributed by atoms with Crippen molar-refractivity contribution < 1.29 is 17.7 Å². The van der Waals surface area contributed by atoms with Gasteiger partial charge >= 0.3 is 7.12 Å². The van der Waals surface area contributed by atoms with Gasteiger partial charge in [0.25, 0.3) is 15.6 Å². The summed E-state index contributed by atoms with van der Waals surface area (Å²) in [5, 5.41) is 0.633. The van der Waals surface area contributed by atoms with Gasteiger partial charge in [0.1, 0.15) is 0 Å². The Bertz CT molecular complexity index is 1910.